The van der Waals surface area contributed by atoms with Crippen LogP contribution < -0.4 is 5.32 Å². The molecule has 2 unspecified atom stereocenters. The molecule has 0 aliphatic carbocycles. The summed E-state index contributed by atoms with van der Waals surface area (Å²) < 4.78 is 49.4. The van der Waals surface area contributed by atoms with Crippen LogP contribution in [0.2, 0.25) is 0 Å². The van der Waals surface area contributed by atoms with Gasteiger partial charge in [-0.1, -0.05) is 0 Å². The summed E-state index contributed by atoms with van der Waals surface area (Å²) in [5.41, 5.74) is 0. The number of pyridine rings is 1. The van der Waals surface area contributed by atoms with E-state index < -0.39 is 19.9 Å². The third-order valence-corrected chi connectivity index (χ3v) is 6.37. The minimum Gasteiger partial charge on any atom is -0.311 e. The second-order valence-electron chi connectivity index (χ2n) is 5.34. The van der Waals surface area contributed by atoms with Gasteiger partial charge in [-0.05, 0) is 26.0 Å². The van der Waals surface area contributed by atoms with Crippen LogP contribution >= 0.6 is 0 Å². The normalized spacial score (nSPS) is 24.9. The molecule has 118 valence electrons. The second kappa shape index (κ2) is 5.64. The highest BCUT2D eigenvalue weighted by Gasteiger charge is 2.33. The predicted molar refractivity (Wildman–Crippen MR) is 78.2 cm³/mol. The fraction of sp³-hybridized carbons (Fsp3) is 0.583. The van der Waals surface area contributed by atoms with Crippen molar-refractivity contribution < 1.29 is 16.8 Å². The molecule has 1 aromatic heterocycles. The zero-order valence-electron chi connectivity index (χ0n) is 12.1. The van der Waals surface area contributed by atoms with Gasteiger partial charge in [-0.2, -0.15) is 4.31 Å². The van der Waals surface area contributed by atoms with Gasteiger partial charge in [0.15, 0.2) is 14.9 Å². The summed E-state index contributed by atoms with van der Waals surface area (Å²) >= 11 is 0. The highest BCUT2D eigenvalue weighted by molar-refractivity contribution is 7.90. The number of sulfone groups is 1. The molecule has 21 heavy (non-hydrogen) atoms. The molecule has 1 aliphatic heterocycles. The summed E-state index contributed by atoms with van der Waals surface area (Å²) in [6.07, 6.45) is 2.13. The van der Waals surface area contributed by atoms with Crippen LogP contribution in [-0.2, 0) is 19.9 Å². The fourth-order valence-corrected chi connectivity index (χ4v) is 4.42. The van der Waals surface area contributed by atoms with Gasteiger partial charge < -0.3 is 5.32 Å². The number of rotatable bonds is 3. The molecule has 7 nitrogen and oxygen atoms in total. The maximum atomic E-state index is 12.6. The maximum absolute atomic E-state index is 12.6. The molecule has 2 rings (SSSR count). The lowest BCUT2D eigenvalue weighted by atomic mass is 10.2. The Morgan fingerprint density at radius 1 is 1.24 bits per heavy atom. The standard InChI is InChI=1S/C12H19N3O4S2/c1-9-8-15(10(2)6-13-9)21(18,19)11-4-5-12(14-7-11)20(3,16)17/h4-5,7,9-10,13H,6,8H2,1-3H3. The highest BCUT2D eigenvalue weighted by Crippen LogP contribution is 2.20. The lowest BCUT2D eigenvalue weighted by molar-refractivity contribution is 0.244. The summed E-state index contributed by atoms with van der Waals surface area (Å²) in [5, 5.41) is 3.08. The molecule has 0 bridgehead atoms. The molecule has 1 aromatic rings. The van der Waals surface area contributed by atoms with Gasteiger partial charge in [-0.15, -0.1) is 0 Å². The lowest BCUT2D eigenvalue weighted by Gasteiger charge is -2.36. The minimum atomic E-state index is -3.67. The first-order chi connectivity index (χ1) is 9.62. The van der Waals surface area contributed by atoms with Crippen LogP contribution in [0.5, 0.6) is 0 Å². The molecule has 9 heteroatoms. The Morgan fingerprint density at radius 3 is 2.43 bits per heavy atom. The number of nitrogens with zero attached hydrogens (tertiary/aromatic N) is 2. The average Bonchev–Trinajstić information content (AvgIpc) is 2.40. The van der Waals surface area contributed by atoms with E-state index in [-0.39, 0.29) is 22.0 Å². The minimum absolute atomic E-state index is 0.0100. The highest BCUT2D eigenvalue weighted by atomic mass is 32.2. The smallest absolute Gasteiger partial charge is 0.244 e. The van der Waals surface area contributed by atoms with E-state index in [2.05, 4.69) is 10.3 Å². The number of piperazine rings is 1. The molecule has 1 saturated heterocycles. The zero-order chi connectivity index (χ0) is 15.8. The van der Waals surface area contributed by atoms with Crippen molar-refractivity contribution in [1.29, 1.82) is 0 Å². The van der Waals surface area contributed by atoms with Crippen LogP contribution in [0.3, 0.4) is 0 Å². The van der Waals surface area contributed by atoms with E-state index in [1.54, 1.807) is 0 Å². The summed E-state index contributed by atoms with van der Waals surface area (Å²) in [7, 11) is -7.11. The predicted octanol–water partition coefficient (Wildman–Crippen LogP) is -0.144. The van der Waals surface area contributed by atoms with Crippen molar-refractivity contribution in [3.8, 4) is 0 Å². The van der Waals surface area contributed by atoms with E-state index in [1.807, 2.05) is 13.8 Å². The van der Waals surface area contributed by atoms with E-state index >= 15 is 0 Å². The van der Waals surface area contributed by atoms with Gasteiger partial charge >= 0.3 is 0 Å². The van der Waals surface area contributed by atoms with Crippen LogP contribution in [0.15, 0.2) is 28.3 Å². The van der Waals surface area contributed by atoms with Gasteiger partial charge in [0.2, 0.25) is 10.0 Å². The van der Waals surface area contributed by atoms with Crippen LogP contribution in [0.4, 0.5) is 0 Å². The Kier molecular flexibility index (Phi) is 4.39. The summed E-state index contributed by atoms with van der Waals surface area (Å²) in [6.45, 7) is 4.70. The molecule has 0 saturated carbocycles. The van der Waals surface area contributed by atoms with Crippen molar-refractivity contribution in [3.63, 3.8) is 0 Å². The molecule has 1 fully saturated rings. The van der Waals surface area contributed by atoms with Gasteiger partial charge in [-0.25, -0.2) is 21.8 Å². The van der Waals surface area contributed by atoms with Crippen LogP contribution in [0.25, 0.3) is 0 Å². The Balaban J connectivity index is 2.35. The van der Waals surface area contributed by atoms with Crippen LogP contribution in [-0.4, -0.2) is 57.6 Å². The zero-order valence-corrected chi connectivity index (χ0v) is 13.8. The van der Waals surface area contributed by atoms with E-state index in [4.69, 9.17) is 0 Å². The van der Waals surface area contributed by atoms with Crippen molar-refractivity contribution >= 4 is 19.9 Å². The largest absolute Gasteiger partial charge is 0.311 e. The Labute approximate surface area is 125 Å². The van der Waals surface area contributed by atoms with Gasteiger partial charge in [0.25, 0.3) is 0 Å². The Bertz CT molecular complexity index is 713. The van der Waals surface area contributed by atoms with E-state index in [0.717, 1.165) is 12.5 Å². The average molecular weight is 333 g/mol. The molecule has 1 N–H and O–H groups in total. The van der Waals surface area contributed by atoms with Gasteiger partial charge in [0, 0.05) is 37.6 Å². The molecule has 2 heterocycles. The van der Waals surface area contributed by atoms with Crippen LogP contribution in [0.1, 0.15) is 13.8 Å². The summed E-state index contributed by atoms with van der Waals surface area (Å²) in [6, 6.07) is 2.41. The first kappa shape index (κ1) is 16.3. The first-order valence-electron chi connectivity index (χ1n) is 6.53. The first-order valence-corrected chi connectivity index (χ1v) is 9.87. The molecule has 0 spiro atoms. The molecule has 0 aromatic carbocycles. The number of aromatic nitrogens is 1. The Morgan fingerprint density at radius 2 is 1.90 bits per heavy atom. The Hall–Kier alpha value is -1.03. The van der Waals surface area contributed by atoms with Crippen molar-refractivity contribution in [2.24, 2.45) is 0 Å². The van der Waals surface area contributed by atoms with Crippen molar-refractivity contribution in [1.82, 2.24) is 14.6 Å². The third-order valence-electron chi connectivity index (χ3n) is 3.40. The number of sulfonamides is 1. The van der Waals surface area contributed by atoms with Gasteiger partial charge in [0.1, 0.15) is 4.90 Å². The number of hydrogen-bond acceptors (Lipinski definition) is 6. The van der Waals surface area contributed by atoms with E-state index in [1.165, 1.54) is 16.4 Å². The topological polar surface area (TPSA) is 96.4 Å². The van der Waals surface area contributed by atoms with E-state index in [0.29, 0.717) is 13.1 Å². The van der Waals surface area contributed by atoms with Crippen molar-refractivity contribution in [2.45, 2.75) is 35.9 Å². The monoisotopic (exact) mass is 333 g/mol. The summed E-state index contributed by atoms with van der Waals surface area (Å²) in [5.74, 6) is 0. The van der Waals surface area contributed by atoms with Gasteiger partial charge in [-0.3, -0.25) is 0 Å². The van der Waals surface area contributed by atoms with Crippen LogP contribution in [0, 0.1) is 0 Å². The fourth-order valence-electron chi connectivity index (χ4n) is 2.20. The molecular weight excluding hydrogens is 314 g/mol. The molecule has 2 atom stereocenters. The SMILES string of the molecule is CC1CN(S(=O)(=O)c2ccc(S(C)(=O)=O)nc2)C(C)CN1. The molecular formula is C12H19N3O4S2. The van der Waals surface area contributed by atoms with Crippen molar-refractivity contribution in [3.05, 3.63) is 18.3 Å². The lowest BCUT2D eigenvalue weighted by Crippen LogP contribution is -2.56. The van der Waals surface area contributed by atoms with Gasteiger partial charge in [0.05, 0.1) is 0 Å². The molecule has 1 aliphatic rings. The quantitative estimate of drug-likeness (QED) is 0.827. The van der Waals surface area contributed by atoms with E-state index in [9.17, 15) is 16.8 Å². The molecule has 0 amide bonds. The number of hydrogen-bond donors (Lipinski definition) is 1. The number of nitrogens with one attached hydrogen (secondary N) is 1. The molecule has 0 radical (unpaired) electrons. The maximum Gasteiger partial charge on any atom is 0.244 e. The summed E-state index contributed by atoms with van der Waals surface area (Å²) in [4.78, 5) is 3.76. The van der Waals surface area contributed by atoms with Crippen molar-refractivity contribution in [2.75, 3.05) is 19.3 Å². The third kappa shape index (κ3) is 3.42. The second-order valence-corrected chi connectivity index (χ2v) is 9.19.